The van der Waals surface area contributed by atoms with Crippen LogP contribution in [0.1, 0.15) is 5.56 Å². The minimum atomic E-state index is -0.260. The lowest BCUT2D eigenvalue weighted by Crippen LogP contribution is -2.27. The number of carbonyl (C=O) groups excluding carboxylic acids is 1. The summed E-state index contributed by atoms with van der Waals surface area (Å²) in [7, 11) is 0. The largest absolute Gasteiger partial charge is 0.355 e. The third kappa shape index (κ3) is 5.04. The van der Waals surface area contributed by atoms with Crippen molar-refractivity contribution in [1.82, 2.24) is 5.32 Å². The van der Waals surface area contributed by atoms with Crippen LogP contribution in [0.25, 0.3) is 0 Å². The van der Waals surface area contributed by atoms with Crippen LogP contribution < -0.4 is 5.32 Å². The molecule has 1 aromatic heterocycles. The normalized spacial score (nSPS) is 10.4. The fourth-order valence-electron chi connectivity index (χ4n) is 1.51. The highest BCUT2D eigenvalue weighted by atomic mass is 32.2. The molecular weight excluding hydrogens is 281 g/mol. The van der Waals surface area contributed by atoms with Crippen LogP contribution in [0, 0.1) is 5.82 Å². The van der Waals surface area contributed by atoms with Crippen molar-refractivity contribution >= 4 is 29.0 Å². The number of nitrogens with one attached hydrogen (secondary N) is 1. The number of carbonyl (C=O) groups is 1. The molecule has 0 aliphatic heterocycles. The molecule has 0 unspecified atom stereocenters. The predicted molar refractivity (Wildman–Crippen MR) is 78.2 cm³/mol. The molecule has 0 aliphatic rings. The average molecular weight is 295 g/mol. The topological polar surface area (TPSA) is 29.1 Å². The fraction of sp³-hybridized carbons (Fsp3) is 0.214. The Kier molecular flexibility index (Phi) is 5.42. The molecule has 100 valence electrons. The van der Waals surface area contributed by atoms with Gasteiger partial charge in [-0.25, -0.2) is 4.39 Å². The number of halogens is 1. The van der Waals surface area contributed by atoms with Gasteiger partial charge in [0.15, 0.2) is 0 Å². The summed E-state index contributed by atoms with van der Waals surface area (Å²) in [4.78, 5) is 12.5. The van der Waals surface area contributed by atoms with Crippen molar-refractivity contribution in [1.29, 1.82) is 0 Å². The van der Waals surface area contributed by atoms with E-state index in [0.717, 1.165) is 11.3 Å². The number of thiophene rings is 1. The molecule has 0 bridgehead atoms. The van der Waals surface area contributed by atoms with E-state index in [0.29, 0.717) is 12.3 Å². The summed E-state index contributed by atoms with van der Waals surface area (Å²) in [5.41, 5.74) is 1.25. The number of thioether (sulfide) groups is 1. The van der Waals surface area contributed by atoms with Gasteiger partial charge in [-0.05, 0) is 53.1 Å². The van der Waals surface area contributed by atoms with Gasteiger partial charge in [0.2, 0.25) is 5.91 Å². The van der Waals surface area contributed by atoms with Gasteiger partial charge in [-0.1, -0.05) is 0 Å². The SMILES string of the molecule is O=C(CSc1ccc(F)cc1)NCCc1ccsc1. The molecule has 0 spiro atoms. The fourth-order valence-corrected chi connectivity index (χ4v) is 2.94. The average Bonchev–Trinajstić information content (AvgIpc) is 2.91. The second-order valence-corrected chi connectivity index (χ2v) is 5.80. The van der Waals surface area contributed by atoms with Gasteiger partial charge in [0.1, 0.15) is 5.82 Å². The van der Waals surface area contributed by atoms with E-state index in [2.05, 4.69) is 16.8 Å². The first kappa shape index (κ1) is 14.1. The summed E-state index contributed by atoms with van der Waals surface area (Å²) < 4.78 is 12.7. The lowest BCUT2D eigenvalue weighted by Gasteiger charge is -2.04. The first-order valence-electron chi connectivity index (χ1n) is 5.90. The molecule has 1 amide bonds. The third-order valence-electron chi connectivity index (χ3n) is 2.50. The third-order valence-corrected chi connectivity index (χ3v) is 4.24. The Morgan fingerprint density at radius 3 is 2.74 bits per heavy atom. The molecule has 1 heterocycles. The number of hydrogen-bond donors (Lipinski definition) is 1. The van der Waals surface area contributed by atoms with Gasteiger partial charge in [-0.3, -0.25) is 4.79 Å². The van der Waals surface area contributed by atoms with Crippen molar-refractivity contribution < 1.29 is 9.18 Å². The van der Waals surface area contributed by atoms with Crippen molar-refractivity contribution in [3.05, 3.63) is 52.5 Å². The zero-order valence-corrected chi connectivity index (χ0v) is 11.9. The Labute approximate surface area is 120 Å². The lowest BCUT2D eigenvalue weighted by molar-refractivity contribution is -0.118. The molecule has 0 saturated carbocycles. The van der Waals surface area contributed by atoms with E-state index in [9.17, 15) is 9.18 Å². The van der Waals surface area contributed by atoms with Gasteiger partial charge in [-0.15, -0.1) is 11.8 Å². The molecule has 19 heavy (non-hydrogen) atoms. The van der Waals surface area contributed by atoms with Gasteiger partial charge >= 0.3 is 0 Å². The van der Waals surface area contributed by atoms with Gasteiger partial charge in [-0.2, -0.15) is 11.3 Å². The second kappa shape index (κ2) is 7.31. The lowest BCUT2D eigenvalue weighted by atomic mass is 10.2. The highest BCUT2D eigenvalue weighted by molar-refractivity contribution is 8.00. The highest BCUT2D eigenvalue weighted by Gasteiger charge is 2.03. The summed E-state index contributed by atoms with van der Waals surface area (Å²) in [6.07, 6.45) is 0.858. The number of hydrogen-bond acceptors (Lipinski definition) is 3. The van der Waals surface area contributed by atoms with Crippen LogP contribution in [-0.2, 0) is 11.2 Å². The molecule has 0 fully saturated rings. The van der Waals surface area contributed by atoms with Crippen LogP contribution in [0.2, 0.25) is 0 Å². The maximum Gasteiger partial charge on any atom is 0.230 e. The monoisotopic (exact) mass is 295 g/mol. The van der Waals surface area contributed by atoms with Crippen molar-refractivity contribution in [2.24, 2.45) is 0 Å². The van der Waals surface area contributed by atoms with Gasteiger partial charge < -0.3 is 5.32 Å². The zero-order chi connectivity index (χ0) is 13.5. The molecule has 2 nitrogen and oxygen atoms in total. The molecule has 0 saturated heterocycles. The van der Waals surface area contributed by atoms with Crippen LogP contribution in [-0.4, -0.2) is 18.2 Å². The molecule has 5 heteroatoms. The van der Waals surface area contributed by atoms with Crippen molar-refractivity contribution in [3.8, 4) is 0 Å². The summed E-state index contributed by atoms with van der Waals surface area (Å²) in [6, 6.07) is 8.22. The van der Waals surface area contributed by atoms with Crippen LogP contribution >= 0.6 is 23.1 Å². The maximum absolute atomic E-state index is 12.7. The Balaban J connectivity index is 1.65. The Morgan fingerprint density at radius 2 is 2.05 bits per heavy atom. The zero-order valence-electron chi connectivity index (χ0n) is 10.3. The van der Waals surface area contributed by atoms with E-state index >= 15 is 0 Å². The van der Waals surface area contributed by atoms with Gasteiger partial charge in [0.25, 0.3) is 0 Å². The van der Waals surface area contributed by atoms with Gasteiger partial charge in [0, 0.05) is 11.4 Å². The van der Waals surface area contributed by atoms with Crippen molar-refractivity contribution in [2.45, 2.75) is 11.3 Å². The summed E-state index contributed by atoms with van der Waals surface area (Å²) in [5, 5.41) is 6.99. The minimum Gasteiger partial charge on any atom is -0.355 e. The van der Waals surface area contributed by atoms with Crippen LogP contribution in [0.4, 0.5) is 4.39 Å². The molecule has 0 radical (unpaired) electrons. The number of rotatable bonds is 6. The Bertz CT molecular complexity index is 511. The second-order valence-electron chi connectivity index (χ2n) is 3.97. The Morgan fingerprint density at radius 1 is 1.26 bits per heavy atom. The maximum atomic E-state index is 12.7. The van der Waals surface area contributed by atoms with Gasteiger partial charge in [0.05, 0.1) is 5.75 Å². The molecule has 2 rings (SSSR count). The molecule has 0 aliphatic carbocycles. The minimum absolute atomic E-state index is 0.00422. The van der Waals surface area contributed by atoms with Crippen molar-refractivity contribution in [2.75, 3.05) is 12.3 Å². The molecule has 0 atom stereocenters. The van der Waals surface area contributed by atoms with E-state index in [4.69, 9.17) is 0 Å². The Hall–Kier alpha value is -1.33. The standard InChI is InChI=1S/C14H14FNOS2/c15-12-1-3-13(4-2-12)19-10-14(17)16-7-5-11-6-8-18-9-11/h1-4,6,8-9H,5,7,10H2,(H,16,17). The first-order valence-corrected chi connectivity index (χ1v) is 7.83. The predicted octanol–water partition coefficient (Wildman–Crippen LogP) is 3.34. The van der Waals surface area contributed by atoms with Crippen LogP contribution in [0.5, 0.6) is 0 Å². The van der Waals surface area contributed by atoms with E-state index in [-0.39, 0.29) is 11.7 Å². The molecular formula is C14H14FNOS2. The smallest absolute Gasteiger partial charge is 0.230 e. The quantitative estimate of drug-likeness (QED) is 0.828. The molecule has 1 aromatic carbocycles. The van der Waals surface area contributed by atoms with E-state index in [1.165, 1.54) is 29.5 Å². The van der Waals surface area contributed by atoms with E-state index in [1.807, 2.05) is 5.38 Å². The van der Waals surface area contributed by atoms with Crippen molar-refractivity contribution in [3.63, 3.8) is 0 Å². The molecule has 2 aromatic rings. The van der Waals surface area contributed by atoms with Crippen LogP contribution in [0.3, 0.4) is 0 Å². The van der Waals surface area contributed by atoms with E-state index in [1.54, 1.807) is 23.5 Å². The molecule has 1 N–H and O–H groups in total. The number of benzene rings is 1. The number of amides is 1. The highest BCUT2D eigenvalue weighted by Crippen LogP contribution is 2.17. The van der Waals surface area contributed by atoms with E-state index < -0.39 is 0 Å². The van der Waals surface area contributed by atoms with Crippen LogP contribution in [0.15, 0.2) is 46.0 Å². The summed E-state index contributed by atoms with van der Waals surface area (Å²) in [5.74, 6) is 0.101. The summed E-state index contributed by atoms with van der Waals surface area (Å²) >= 11 is 3.07. The first-order chi connectivity index (χ1) is 9.24. The summed E-state index contributed by atoms with van der Waals surface area (Å²) in [6.45, 7) is 0.652.